The van der Waals surface area contributed by atoms with Crippen molar-refractivity contribution in [1.82, 2.24) is 15.1 Å². The first-order valence-electron chi connectivity index (χ1n) is 7.37. The zero-order chi connectivity index (χ0) is 16.3. The van der Waals surface area contributed by atoms with Crippen LogP contribution in [0.25, 0.3) is 11.3 Å². The Morgan fingerprint density at radius 2 is 2.00 bits per heavy atom. The van der Waals surface area contributed by atoms with Crippen LogP contribution in [0.4, 0.5) is 0 Å². The maximum Gasteiger partial charge on any atom is 0.269 e. The molecule has 1 aromatic heterocycles. The molecule has 2 aromatic rings. The molecule has 2 rings (SSSR count). The number of hydrogen-bond acceptors (Lipinski definition) is 3. The molecule has 0 bridgehead atoms. The molecule has 1 N–H and O–H groups in total. The zero-order valence-electron chi connectivity index (χ0n) is 13.3. The Kier molecular flexibility index (Phi) is 4.62. The second-order valence-electron chi connectivity index (χ2n) is 5.34. The average Bonchev–Trinajstić information content (AvgIpc) is 2.93. The molecular weight excluding hydrogens is 276 g/mol. The van der Waals surface area contributed by atoms with Gasteiger partial charge in [0.25, 0.3) is 5.91 Å². The van der Waals surface area contributed by atoms with E-state index in [9.17, 15) is 4.79 Å². The van der Waals surface area contributed by atoms with E-state index in [1.54, 1.807) is 23.9 Å². The standard InChI is InChI=1S/C17H20N4O/c1-5-14-15(13-8-6-12(10-18)7-9-13)20-21(11(2)3)16(14)17(22)19-4/h6-9,11H,5H2,1-4H3,(H,19,22). The first kappa shape index (κ1) is 15.8. The fourth-order valence-electron chi connectivity index (χ4n) is 2.47. The first-order chi connectivity index (χ1) is 10.5. The molecule has 0 aliphatic carbocycles. The van der Waals surface area contributed by atoms with E-state index in [0.29, 0.717) is 17.7 Å². The van der Waals surface area contributed by atoms with Crippen LogP contribution < -0.4 is 5.32 Å². The lowest BCUT2D eigenvalue weighted by atomic mass is 10.0. The lowest BCUT2D eigenvalue weighted by Crippen LogP contribution is -2.24. The van der Waals surface area contributed by atoms with E-state index in [1.807, 2.05) is 32.9 Å². The van der Waals surface area contributed by atoms with Crippen molar-refractivity contribution in [2.75, 3.05) is 7.05 Å². The van der Waals surface area contributed by atoms with Gasteiger partial charge in [0.15, 0.2) is 0 Å². The number of nitrogens with one attached hydrogen (secondary N) is 1. The predicted octanol–water partition coefficient (Wildman–Crippen LogP) is 2.92. The third kappa shape index (κ3) is 2.73. The summed E-state index contributed by atoms with van der Waals surface area (Å²) < 4.78 is 1.77. The van der Waals surface area contributed by atoms with E-state index in [0.717, 1.165) is 16.8 Å². The van der Waals surface area contributed by atoms with E-state index in [1.165, 1.54) is 0 Å². The summed E-state index contributed by atoms with van der Waals surface area (Å²) >= 11 is 0. The van der Waals surface area contributed by atoms with Crippen molar-refractivity contribution >= 4 is 5.91 Å². The fourth-order valence-corrected chi connectivity index (χ4v) is 2.47. The van der Waals surface area contributed by atoms with Crippen molar-refractivity contribution in [1.29, 1.82) is 5.26 Å². The van der Waals surface area contributed by atoms with E-state index >= 15 is 0 Å². The summed E-state index contributed by atoms with van der Waals surface area (Å²) in [5.41, 5.74) is 3.87. The van der Waals surface area contributed by atoms with Crippen molar-refractivity contribution in [3.05, 3.63) is 41.1 Å². The summed E-state index contributed by atoms with van der Waals surface area (Å²) in [5, 5.41) is 16.2. The van der Waals surface area contributed by atoms with Gasteiger partial charge in [-0.25, -0.2) is 0 Å². The first-order valence-corrected chi connectivity index (χ1v) is 7.37. The van der Waals surface area contributed by atoms with Gasteiger partial charge >= 0.3 is 0 Å². The highest BCUT2D eigenvalue weighted by Gasteiger charge is 2.23. The number of carbonyl (C=O) groups is 1. The zero-order valence-corrected chi connectivity index (χ0v) is 13.3. The second-order valence-corrected chi connectivity index (χ2v) is 5.34. The third-order valence-electron chi connectivity index (χ3n) is 3.58. The maximum absolute atomic E-state index is 12.2. The number of benzene rings is 1. The van der Waals surface area contributed by atoms with Gasteiger partial charge in [-0.05, 0) is 32.4 Å². The summed E-state index contributed by atoms with van der Waals surface area (Å²) in [6, 6.07) is 9.47. The van der Waals surface area contributed by atoms with Crippen LogP contribution in [-0.2, 0) is 6.42 Å². The van der Waals surface area contributed by atoms with Crippen molar-refractivity contribution in [3.63, 3.8) is 0 Å². The Balaban J connectivity index is 2.65. The molecule has 114 valence electrons. The SMILES string of the molecule is CCc1c(-c2ccc(C#N)cc2)nn(C(C)C)c1C(=O)NC. The van der Waals surface area contributed by atoms with Crippen LogP contribution in [0.15, 0.2) is 24.3 Å². The fraction of sp³-hybridized carbons (Fsp3) is 0.353. The number of hydrogen-bond donors (Lipinski definition) is 1. The Bertz CT molecular complexity index is 720. The summed E-state index contributed by atoms with van der Waals surface area (Å²) in [7, 11) is 1.63. The van der Waals surface area contributed by atoms with Crippen LogP contribution in [0.2, 0.25) is 0 Å². The summed E-state index contributed by atoms with van der Waals surface area (Å²) in [6.07, 6.45) is 0.713. The monoisotopic (exact) mass is 296 g/mol. The quantitative estimate of drug-likeness (QED) is 0.943. The number of carbonyl (C=O) groups excluding carboxylic acids is 1. The Morgan fingerprint density at radius 1 is 1.36 bits per heavy atom. The van der Waals surface area contributed by atoms with Crippen LogP contribution in [0.5, 0.6) is 0 Å². The van der Waals surface area contributed by atoms with Crippen LogP contribution in [-0.4, -0.2) is 22.7 Å². The molecule has 1 aromatic carbocycles. The molecule has 0 fully saturated rings. The highest BCUT2D eigenvalue weighted by Crippen LogP contribution is 2.28. The van der Waals surface area contributed by atoms with Crippen LogP contribution in [0.3, 0.4) is 0 Å². The second kappa shape index (κ2) is 6.44. The molecule has 0 spiro atoms. The molecule has 5 nitrogen and oxygen atoms in total. The van der Waals surface area contributed by atoms with Crippen LogP contribution >= 0.6 is 0 Å². The van der Waals surface area contributed by atoms with Crippen molar-refractivity contribution in [2.24, 2.45) is 0 Å². The largest absolute Gasteiger partial charge is 0.354 e. The van der Waals surface area contributed by atoms with Crippen molar-refractivity contribution in [3.8, 4) is 17.3 Å². The molecule has 0 aliphatic heterocycles. The molecule has 0 radical (unpaired) electrons. The number of amides is 1. The average molecular weight is 296 g/mol. The third-order valence-corrected chi connectivity index (χ3v) is 3.58. The van der Waals surface area contributed by atoms with Crippen molar-refractivity contribution < 1.29 is 4.79 Å². The highest BCUT2D eigenvalue weighted by molar-refractivity contribution is 5.95. The van der Waals surface area contributed by atoms with Gasteiger partial charge in [-0.15, -0.1) is 0 Å². The van der Waals surface area contributed by atoms with Gasteiger partial charge in [0.1, 0.15) is 5.69 Å². The van der Waals surface area contributed by atoms with E-state index < -0.39 is 0 Å². The minimum absolute atomic E-state index is 0.0877. The van der Waals surface area contributed by atoms with E-state index in [4.69, 9.17) is 5.26 Å². The number of rotatable bonds is 4. The van der Waals surface area contributed by atoms with Gasteiger partial charge in [0.05, 0.1) is 17.3 Å². The number of nitriles is 1. The molecule has 0 saturated heterocycles. The number of nitrogens with zero attached hydrogens (tertiary/aromatic N) is 3. The smallest absolute Gasteiger partial charge is 0.269 e. The van der Waals surface area contributed by atoms with Crippen LogP contribution in [0, 0.1) is 11.3 Å². The van der Waals surface area contributed by atoms with Gasteiger partial charge in [0, 0.05) is 24.2 Å². The summed E-state index contributed by atoms with van der Waals surface area (Å²) in [6.45, 7) is 6.02. The minimum Gasteiger partial charge on any atom is -0.354 e. The molecule has 0 atom stereocenters. The lowest BCUT2D eigenvalue weighted by Gasteiger charge is -2.10. The van der Waals surface area contributed by atoms with Gasteiger partial charge in [-0.1, -0.05) is 19.1 Å². The molecule has 22 heavy (non-hydrogen) atoms. The van der Waals surface area contributed by atoms with E-state index in [-0.39, 0.29) is 11.9 Å². The Labute approximate surface area is 130 Å². The highest BCUT2D eigenvalue weighted by atomic mass is 16.1. The molecule has 0 unspecified atom stereocenters. The van der Waals surface area contributed by atoms with Gasteiger partial charge in [0.2, 0.25) is 0 Å². The summed E-state index contributed by atoms with van der Waals surface area (Å²) in [5.74, 6) is -0.127. The van der Waals surface area contributed by atoms with E-state index in [2.05, 4.69) is 16.5 Å². The number of aromatic nitrogens is 2. The predicted molar refractivity (Wildman–Crippen MR) is 85.5 cm³/mol. The molecule has 0 saturated carbocycles. The normalized spacial score (nSPS) is 10.5. The minimum atomic E-state index is -0.127. The van der Waals surface area contributed by atoms with Gasteiger partial charge in [-0.2, -0.15) is 10.4 Å². The van der Waals surface area contributed by atoms with Gasteiger partial charge in [-0.3, -0.25) is 9.48 Å². The maximum atomic E-state index is 12.2. The molecule has 1 heterocycles. The molecule has 5 heteroatoms. The molecule has 1 amide bonds. The Morgan fingerprint density at radius 3 is 2.45 bits per heavy atom. The topological polar surface area (TPSA) is 70.7 Å². The molecule has 0 aliphatic rings. The lowest BCUT2D eigenvalue weighted by molar-refractivity contribution is 0.0949. The van der Waals surface area contributed by atoms with Crippen LogP contribution in [0.1, 0.15) is 48.4 Å². The van der Waals surface area contributed by atoms with Crippen molar-refractivity contribution in [2.45, 2.75) is 33.2 Å². The summed E-state index contributed by atoms with van der Waals surface area (Å²) in [4.78, 5) is 12.2. The Hall–Kier alpha value is -2.61. The molecular formula is C17H20N4O. The van der Waals surface area contributed by atoms with Gasteiger partial charge < -0.3 is 5.32 Å².